The van der Waals surface area contributed by atoms with Gasteiger partial charge in [0, 0.05) is 18.0 Å². The van der Waals surface area contributed by atoms with Gasteiger partial charge in [0.05, 0.1) is 0 Å². The third-order valence-corrected chi connectivity index (χ3v) is 4.11. The van der Waals surface area contributed by atoms with E-state index in [1.54, 1.807) is 0 Å². The zero-order valence-corrected chi connectivity index (χ0v) is 18.6. The van der Waals surface area contributed by atoms with E-state index in [4.69, 9.17) is 21.7 Å². The van der Waals surface area contributed by atoms with Crippen molar-refractivity contribution in [1.82, 2.24) is 4.90 Å². The van der Waals surface area contributed by atoms with Crippen LogP contribution in [0.5, 0.6) is 0 Å². The van der Waals surface area contributed by atoms with Crippen molar-refractivity contribution in [1.29, 1.82) is 5.41 Å². The number of esters is 1. The lowest BCUT2D eigenvalue weighted by molar-refractivity contribution is -0.151. The molecule has 0 aromatic heterocycles. The summed E-state index contributed by atoms with van der Waals surface area (Å²) in [5.41, 5.74) is 0.874. The van der Waals surface area contributed by atoms with Gasteiger partial charge in [0.2, 0.25) is 0 Å². The molecule has 154 valence electrons. The van der Waals surface area contributed by atoms with Crippen molar-refractivity contribution in [2.24, 2.45) is 0 Å². The number of rotatable bonds is 9. The number of carbonyl (C=O) groups is 1. The van der Waals surface area contributed by atoms with Crippen molar-refractivity contribution in [3.63, 3.8) is 0 Å². The van der Waals surface area contributed by atoms with E-state index < -0.39 is 0 Å². The third kappa shape index (κ3) is 11.8. The fraction of sp³-hybridized carbons (Fsp3) is 0.636. The molecule has 0 aliphatic heterocycles. The van der Waals surface area contributed by atoms with Gasteiger partial charge in [0.25, 0.3) is 0 Å². The first-order valence-electron chi connectivity index (χ1n) is 9.83. The van der Waals surface area contributed by atoms with E-state index >= 15 is 0 Å². The molecule has 1 aromatic rings. The van der Waals surface area contributed by atoms with E-state index in [1.807, 2.05) is 32.9 Å². The summed E-state index contributed by atoms with van der Waals surface area (Å²) in [7, 11) is 0. The van der Waals surface area contributed by atoms with Crippen molar-refractivity contribution in [2.75, 3.05) is 13.1 Å². The Kier molecular flexibility index (Phi) is 13.0. The van der Waals surface area contributed by atoms with Gasteiger partial charge < -0.3 is 10.1 Å². The van der Waals surface area contributed by atoms with Crippen molar-refractivity contribution < 1.29 is 9.53 Å². The van der Waals surface area contributed by atoms with Crippen molar-refractivity contribution >= 4 is 23.8 Å². The fourth-order valence-electron chi connectivity index (χ4n) is 2.95. The molecule has 1 rings (SSSR count). The third-order valence-electron chi connectivity index (χ3n) is 3.76. The Morgan fingerprint density at radius 1 is 1.22 bits per heavy atom. The number of nitrogens with zero attached hydrogens (tertiary/aromatic N) is 1. The van der Waals surface area contributed by atoms with E-state index in [-0.39, 0.29) is 11.6 Å². The van der Waals surface area contributed by atoms with E-state index in [0.29, 0.717) is 6.04 Å². The number of ether oxygens (including phenoxy) is 1. The maximum absolute atomic E-state index is 10.2. The highest BCUT2D eigenvalue weighted by Gasteiger charge is 2.20. The molecule has 0 fully saturated rings. The molecule has 0 aliphatic carbocycles. The molecule has 0 saturated carbocycles. The van der Waals surface area contributed by atoms with Crippen molar-refractivity contribution in [3.8, 4) is 0 Å². The van der Waals surface area contributed by atoms with Crippen LogP contribution >= 0.6 is 11.6 Å². The average Bonchev–Trinajstić information content (AvgIpc) is 2.55. The monoisotopic (exact) mass is 396 g/mol. The van der Waals surface area contributed by atoms with Gasteiger partial charge in [0.15, 0.2) is 0 Å². The van der Waals surface area contributed by atoms with Gasteiger partial charge in [-0.05, 0) is 77.4 Å². The molecular weight excluding hydrogens is 360 g/mol. The highest BCUT2D eigenvalue weighted by Crippen LogP contribution is 2.31. The molecule has 0 bridgehead atoms. The highest BCUT2D eigenvalue weighted by molar-refractivity contribution is 6.31. The topological polar surface area (TPSA) is 53.4 Å². The minimum Gasteiger partial charge on any atom is -0.460 e. The lowest BCUT2D eigenvalue weighted by Crippen LogP contribution is -2.30. The van der Waals surface area contributed by atoms with Crippen LogP contribution in [0.1, 0.15) is 78.8 Å². The molecule has 4 nitrogen and oxygen atoms in total. The van der Waals surface area contributed by atoms with Gasteiger partial charge in [0.1, 0.15) is 5.60 Å². The van der Waals surface area contributed by atoms with Crippen LogP contribution in [0.3, 0.4) is 0 Å². The van der Waals surface area contributed by atoms with E-state index in [2.05, 4.69) is 30.9 Å². The first-order valence-corrected chi connectivity index (χ1v) is 10.2. The predicted molar refractivity (Wildman–Crippen MR) is 116 cm³/mol. The quantitative estimate of drug-likeness (QED) is 0.394. The molecule has 5 heteroatoms. The Morgan fingerprint density at radius 2 is 1.78 bits per heavy atom. The van der Waals surface area contributed by atoms with Crippen LogP contribution in [0.15, 0.2) is 24.3 Å². The second-order valence-corrected chi connectivity index (χ2v) is 7.97. The first kappa shape index (κ1) is 25.6. The minimum absolute atomic E-state index is 0.225. The SMILES string of the molecule is CC(=O)OC(C)(C)C.CCCN(CCC)C(CCC=N)c1ccccc1Cl. The molecule has 1 unspecified atom stereocenters. The zero-order valence-electron chi connectivity index (χ0n) is 17.8. The van der Waals surface area contributed by atoms with Crippen molar-refractivity contribution in [3.05, 3.63) is 34.9 Å². The molecule has 0 spiro atoms. The lowest BCUT2D eigenvalue weighted by atomic mass is 9.99. The zero-order chi connectivity index (χ0) is 20.9. The number of hydrogen-bond donors (Lipinski definition) is 1. The normalized spacial score (nSPS) is 12.1. The number of nitrogens with one attached hydrogen (secondary N) is 1. The summed E-state index contributed by atoms with van der Waals surface area (Å²) < 4.78 is 4.80. The van der Waals surface area contributed by atoms with Crippen LogP contribution in [-0.4, -0.2) is 35.8 Å². The molecule has 1 N–H and O–H groups in total. The van der Waals surface area contributed by atoms with E-state index in [0.717, 1.165) is 43.8 Å². The highest BCUT2D eigenvalue weighted by atomic mass is 35.5. The Morgan fingerprint density at radius 3 is 2.15 bits per heavy atom. The predicted octanol–water partition coefficient (Wildman–Crippen LogP) is 6.28. The maximum Gasteiger partial charge on any atom is 0.303 e. The van der Waals surface area contributed by atoms with E-state index in [1.165, 1.54) is 18.7 Å². The largest absolute Gasteiger partial charge is 0.460 e. The molecular formula is C22H37ClN2O2. The van der Waals surface area contributed by atoms with Crippen molar-refractivity contribution in [2.45, 2.75) is 78.9 Å². The summed E-state index contributed by atoms with van der Waals surface area (Å²) in [6, 6.07) is 8.44. The van der Waals surface area contributed by atoms with Gasteiger partial charge in [-0.3, -0.25) is 9.69 Å². The van der Waals surface area contributed by atoms with Crippen LogP contribution in [0.2, 0.25) is 5.02 Å². The Hall–Kier alpha value is -1.39. The lowest BCUT2D eigenvalue weighted by Gasteiger charge is -2.32. The first-order chi connectivity index (χ1) is 12.7. The summed E-state index contributed by atoms with van der Waals surface area (Å²) in [4.78, 5) is 12.7. The fourth-order valence-corrected chi connectivity index (χ4v) is 3.21. The molecule has 1 atom stereocenters. The second kappa shape index (κ2) is 13.7. The summed E-state index contributed by atoms with van der Waals surface area (Å²) in [6.07, 6.45) is 5.56. The Labute approximate surface area is 170 Å². The maximum atomic E-state index is 10.2. The number of carbonyl (C=O) groups excluding carboxylic acids is 1. The Bertz CT molecular complexity index is 549. The number of benzene rings is 1. The van der Waals surface area contributed by atoms with Gasteiger partial charge in [-0.25, -0.2) is 0 Å². The summed E-state index contributed by atoms with van der Waals surface area (Å²) in [6.45, 7) is 13.5. The van der Waals surface area contributed by atoms with Crippen LogP contribution in [0.25, 0.3) is 0 Å². The van der Waals surface area contributed by atoms with Gasteiger partial charge >= 0.3 is 5.97 Å². The van der Waals surface area contributed by atoms with Crippen LogP contribution < -0.4 is 0 Å². The van der Waals surface area contributed by atoms with E-state index in [9.17, 15) is 4.79 Å². The molecule has 0 saturated heterocycles. The summed E-state index contributed by atoms with van der Waals surface area (Å²) in [5, 5.41) is 8.12. The van der Waals surface area contributed by atoms with Gasteiger partial charge in [-0.1, -0.05) is 43.6 Å². The van der Waals surface area contributed by atoms with Gasteiger partial charge in [-0.2, -0.15) is 0 Å². The molecule has 0 amide bonds. The molecule has 0 radical (unpaired) electrons. The smallest absolute Gasteiger partial charge is 0.303 e. The minimum atomic E-state index is -0.328. The van der Waals surface area contributed by atoms with Gasteiger partial charge in [-0.15, -0.1) is 0 Å². The second-order valence-electron chi connectivity index (χ2n) is 7.56. The number of hydrogen-bond acceptors (Lipinski definition) is 4. The Balaban J connectivity index is 0.000000713. The molecule has 27 heavy (non-hydrogen) atoms. The molecule has 0 heterocycles. The van der Waals surface area contributed by atoms with Crippen LogP contribution in [-0.2, 0) is 9.53 Å². The number of halogens is 1. The molecule has 0 aliphatic rings. The average molecular weight is 397 g/mol. The molecule has 1 aromatic carbocycles. The standard InChI is InChI=1S/C16H25ClN2.C6H12O2/c1-3-12-19(13-4-2)16(10-7-11-18)14-8-5-6-9-15(14)17;1-5(7)8-6(2,3)4/h5-6,8-9,11,16,18H,3-4,7,10,12-13H2,1-2H3;1-4H3. The van der Waals surface area contributed by atoms with Crippen LogP contribution in [0, 0.1) is 5.41 Å². The summed E-state index contributed by atoms with van der Waals surface area (Å²) >= 11 is 6.36. The summed E-state index contributed by atoms with van der Waals surface area (Å²) in [5.74, 6) is -0.225. The van der Waals surface area contributed by atoms with Crippen LogP contribution in [0.4, 0.5) is 0 Å².